The van der Waals surface area contributed by atoms with Gasteiger partial charge in [0.15, 0.2) is 0 Å². The molecule has 1 N–H and O–H groups in total. The number of nitrogens with zero attached hydrogens (tertiary/aromatic N) is 1. The Balaban J connectivity index is 1.75. The van der Waals surface area contributed by atoms with Crippen LogP contribution in [0.3, 0.4) is 0 Å². The second-order valence-corrected chi connectivity index (χ2v) is 6.09. The average Bonchev–Trinajstić information content (AvgIpc) is 2.67. The van der Waals surface area contributed by atoms with Gasteiger partial charge in [0.1, 0.15) is 5.75 Å². The van der Waals surface area contributed by atoms with Crippen molar-refractivity contribution in [2.24, 2.45) is 0 Å². The van der Waals surface area contributed by atoms with Crippen LogP contribution in [0.2, 0.25) is 0 Å². The van der Waals surface area contributed by atoms with Gasteiger partial charge in [0.25, 0.3) is 5.69 Å². The van der Waals surface area contributed by atoms with Gasteiger partial charge in [0, 0.05) is 17.7 Å². The fraction of sp³-hybridized carbons (Fsp3) is 0.368. The molecular weight excluding hydrogens is 320 g/mol. The van der Waals surface area contributed by atoms with Crippen molar-refractivity contribution in [1.82, 2.24) is 5.32 Å². The second-order valence-electron chi connectivity index (χ2n) is 6.09. The SMILES string of the molecule is COc1ccc([N+](=O)[O-])cc1CO[C@@H]1CCCN[C@@H]1c1ccccc1. The summed E-state index contributed by atoms with van der Waals surface area (Å²) in [5, 5.41) is 14.5. The van der Waals surface area contributed by atoms with Crippen LogP contribution in [0, 0.1) is 10.1 Å². The van der Waals surface area contributed by atoms with Crippen LogP contribution in [-0.2, 0) is 11.3 Å². The largest absolute Gasteiger partial charge is 0.496 e. The molecule has 0 amide bonds. The highest BCUT2D eigenvalue weighted by atomic mass is 16.6. The molecule has 0 unspecified atom stereocenters. The van der Waals surface area contributed by atoms with Crippen molar-refractivity contribution in [3.8, 4) is 5.75 Å². The number of rotatable bonds is 6. The standard InChI is InChI=1S/C19H22N2O4/c1-24-17-10-9-16(21(22)23)12-15(17)13-25-18-8-5-11-20-19(18)14-6-3-2-4-7-14/h2-4,6-7,9-10,12,18-20H,5,8,11,13H2,1H3/t18-,19-/m1/s1. The molecule has 6 heteroatoms. The Hall–Kier alpha value is -2.44. The number of ether oxygens (including phenoxy) is 2. The average molecular weight is 342 g/mol. The van der Waals surface area contributed by atoms with E-state index in [2.05, 4.69) is 17.4 Å². The van der Waals surface area contributed by atoms with E-state index in [0.717, 1.165) is 19.4 Å². The molecule has 0 aliphatic carbocycles. The van der Waals surface area contributed by atoms with Crippen molar-refractivity contribution < 1.29 is 14.4 Å². The van der Waals surface area contributed by atoms with Crippen molar-refractivity contribution in [2.75, 3.05) is 13.7 Å². The fourth-order valence-corrected chi connectivity index (χ4v) is 3.22. The first-order valence-electron chi connectivity index (χ1n) is 8.40. The lowest BCUT2D eigenvalue weighted by molar-refractivity contribution is -0.385. The molecule has 0 bridgehead atoms. The molecule has 2 aromatic carbocycles. The van der Waals surface area contributed by atoms with Crippen molar-refractivity contribution in [2.45, 2.75) is 31.6 Å². The maximum absolute atomic E-state index is 11.0. The lowest BCUT2D eigenvalue weighted by Gasteiger charge is -2.33. The normalized spacial score (nSPS) is 20.2. The molecule has 0 spiro atoms. The molecule has 132 valence electrons. The summed E-state index contributed by atoms with van der Waals surface area (Å²) in [6, 6.07) is 14.9. The van der Waals surface area contributed by atoms with Crippen LogP contribution in [0.5, 0.6) is 5.75 Å². The Labute approximate surface area is 146 Å². The summed E-state index contributed by atoms with van der Waals surface area (Å²) in [6.45, 7) is 1.24. The summed E-state index contributed by atoms with van der Waals surface area (Å²) in [5.41, 5.74) is 1.92. The van der Waals surface area contributed by atoms with Gasteiger partial charge in [-0.3, -0.25) is 10.1 Å². The molecule has 25 heavy (non-hydrogen) atoms. The van der Waals surface area contributed by atoms with Gasteiger partial charge in [-0.15, -0.1) is 0 Å². The van der Waals surface area contributed by atoms with Crippen molar-refractivity contribution >= 4 is 5.69 Å². The second kappa shape index (κ2) is 8.09. The Bertz CT molecular complexity index is 721. The highest BCUT2D eigenvalue weighted by Crippen LogP contribution is 2.29. The van der Waals surface area contributed by atoms with Gasteiger partial charge in [0.05, 0.1) is 30.8 Å². The first kappa shape index (κ1) is 17.4. The zero-order valence-electron chi connectivity index (χ0n) is 14.2. The third-order valence-corrected chi connectivity index (χ3v) is 4.49. The maximum atomic E-state index is 11.0. The van der Waals surface area contributed by atoms with Crippen LogP contribution >= 0.6 is 0 Å². The van der Waals surface area contributed by atoms with Crippen LogP contribution < -0.4 is 10.1 Å². The molecule has 1 fully saturated rings. The summed E-state index contributed by atoms with van der Waals surface area (Å²) in [4.78, 5) is 10.6. The van der Waals surface area contributed by atoms with E-state index in [1.54, 1.807) is 13.2 Å². The molecule has 0 aromatic heterocycles. The van der Waals surface area contributed by atoms with E-state index in [1.165, 1.54) is 17.7 Å². The number of methoxy groups -OCH3 is 1. The first-order chi connectivity index (χ1) is 12.2. The lowest BCUT2D eigenvalue weighted by atomic mass is 9.94. The molecule has 0 saturated carbocycles. The van der Waals surface area contributed by atoms with E-state index in [-0.39, 0.29) is 24.4 Å². The third kappa shape index (κ3) is 4.15. The highest BCUT2D eigenvalue weighted by Gasteiger charge is 2.27. The first-order valence-corrected chi connectivity index (χ1v) is 8.40. The topological polar surface area (TPSA) is 73.6 Å². The number of nitro benzene ring substituents is 1. The maximum Gasteiger partial charge on any atom is 0.270 e. The van der Waals surface area contributed by atoms with Gasteiger partial charge >= 0.3 is 0 Å². The quantitative estimate of drug-likeness (QED) is 0.641. The molecule has 6 nitrogen and oxygen atoms in total. The van der Waals surface area contributed by atoms with Crippen molar-refractivity contribution in [3.05, 3.63) is 69.8 Å². The predicted molar refractivity (Wildman–Crippen MR) is 94.6 cm³/mol. The smallest absolute Gasteiger partial charge is 0.270 e. The molecule has 1 heterocycles. The number of benzene rings is 2. The Morgan fingerprint density at radius 3 is 2.76 bits per heavy atom. The minimum absolute atomic E-state index is 0.0140. The van der Waals surface area contributed by atoms with Gasteiger partial charge in [-0.05, 0) is 31.0 Å². The van der Waals surface area contributed by atoms with Crippen LogP contribution in [0.25, 0.3) is 0 Å². The third-order valence-electron chi connectivity index (χ3n) is 4.49. The van der Waals surface area contributed by atoms with Crippen LogP contribution in [0.1, 0.15) is 30.0 Å². The van der Waals surface area contributed by atoms with Gasteiger partial charge in [-0.2, -0.15) is 0 Å². The summed E-state index contributed by atoms with van der Waals surface area (Å²) in [6.07, 6.45) is 2.00. The van der Waals surface area contributed by atoms with E-state index >= 15 is 0 Å². The van der Waals surface area contributed by atoms with Crippen LogP contribution in [0.15, 0.2) is 48.5 Å². The molecule has 3 rings (SSSR count). The molecule has 1 aliphatic heterocycles. The molecule has 2 atom stereocenters. The summed E-state index contributed by atoms with van der Waals surface area (Å²) < 4.78 is 11.5. The summed E-state index contributed by atoms with van der Waals surface area (Å²) in [7, 11) is 1.56. The number of nitrogens with one attached hydrogen (secondary N) is 1. The van der Waals surface area contributed by atoms with Gasteiger partial charge in [-0.25, -0.2) is 0 Å². The van der Waals surface area contributed by atoms with Crippen molar-refractivity contribution in [3.63, 3.8) is 0 Å². The fourth-order valence-electron chi connectivity index (χ4n) is 3.22. The lowest BCUT2D eigenvalue weighted by Crippen LogP contribution is -2.39. The molecule has 0 radical (unpaired) electrons. The summed E-state index contributed by atoms with van der Waals surface area (Å²) in [5.74, 6) is 0.602. The van der Waals surface area contributed by atoms with Crippen molar-refractivity contribution in [1.29, 1.82) is 0 Å². The van der Waals surface area contributed by atoms with E-state index < -0.39 is 4.92 Å². The van der Waals surface area contributed by atoms with E-state index in [9.17, 15) is 10.1 Å². The van der Waals surface area contributed by atoms with Gasteiger partial charge in [0.2, 0.25) is 0 Å². The molecule has 1 saturated heterocycles. The number of nitro groups is 1. The minimum Gasteiger partial charge on any atom is -0.496 e. The Morgan fingerprint density at radius 2 is 2.04 bits per heavy atom. The summed E-state index contributed by atoms with van der Waals surface area (Å²) >= 11 is 0. The highest BCUT2D eigenvalue weighted by molar-refractivity contribution is 5.43. The monoisotopic (exact) mass is 342 g/mol. The Kier molecular flexibility index (Phi) is 5.63. The molecular formula is C19H22N2O4. The zero-order valence-corrected chi connectivity index (χ0v) is 14.2. The van der Waals surface area contributed by atoms with E-state index in [1.807, 2.05) is 18.2 Å². The minimum atomic E-state index is -0.405. The number of hydrogen-bond acceptors (Lipinski definition) is 5. The van der Waals surface area contributed by atoms with E-state index in [4.69, 9.17) is 9.47 Å². The molecule has 2 aromatic rings. The Morgan fingerprint density at radius 1 is 1.24 bits per heavy atom. The number of hydrogen-bond donors (Lipinski definition) is 1. The number of non-ortho nitro benzene ring substituents is 1. The molecule has 1 aliphatic rings. The van der Waals surface area contributed by atoms with Crippen LogP contribution in [0.4, 0.5) is 5.69 Å². The van der Waals surface area contributed by atoms with E-state index in [0.29, 0.717) is 11.3 Å². The zero-order chi connectivity index (χ0) is 17.6. The predicted octanol–water partition coefficient (Wildman–Crippen LogP) is 3.61. The van der Waals surface area contributed by atoms with Gasteiger partial charge < -0.3 is 14.8 Å². The van der Waals surface area contributed by atoms with Crippen LogP contribution in [-0.4, -0.2) is 24.7 Å². The van der Waals surface area contributed by atoms with Gasteiger partial charge in [-0.1, -0.05) is 30.3 Å². The number of piperidine rings is 1.